The SMILES string of the molecule is c1ccc(-c2nc(-c3ccccc3)nc(-n3c4ccccc4c4cccc(-c5nc6ccccc6o5)c43)n2)cc1. The topological polar surface area (TPSA) is 69.6 Å². The van der Waals surface area contributed by atoms with Crippen molar-refractivity contribution in [2.45, 2.75) is 0 Å². The Kier molecular flexibility index (Phi) is 5.03. The maximum atomic E-state index is 6.26. The molecule has 0 aliphatic rings. The van der Waals surface area contributed by atoms with Gasteiger partial charge >= 0.3 is 0 Å². The highest BCUT2D eigenvalue weighted by Crippen LogP contribution is 2.38. The van der Waals surface area contributed by atoms with E-state index in [0.29, 0.717) is 23.5 Å². The van der Waals surface area contributed by atoms with Crippen LogP contribution in [0.3, 0.4) is 0 Å². The molecular formula is C34H21N5O. The number of hydrogen-bond donors (Lipinski definition) is 0. The zero-order chi connectivity index (χ0) is 26.5. The fourth-order valence-corrected chi connectivity index (χ4v) is 5.28. The van der Waals surface area contributed by atoms with Crippen LogP contribution in [-0.2, 0) is 0 Å². The van der Waals surface area contributed by atoms with Crippen molar-refractivity contribution in [3.63, 3.8) is 0 Å². The molecule has 0 N–H and O–H groups in total. The summed E-state index contributed by atoms with van der Waals surface area (Å²) in [4.78, 5) is 19.8. The molecule has 0 saturated heterocycles. The van der Waals surface area contributed by atoms with E-state index in [1.165, 1.54) is 0 Å². The minimum Gasteiger partial charge on any atom is -0.436 e. The number of benzene rings is 5. The summed E-state index contributed by atoms with van der Waals surface area (Å²) in [5.41, 5.74) is 6.19. The molecule has 40 heavy (non-hydrogen) atoms. The van der Waals surface area contributed by atoms with Crippen LogP contribution in [0, 0.1) is 0 Å². The first-order valence-corrected chi connectivity index (χ1v) is 13.1. The van der Waals surface area contributed by atoms with Crippen molar-refractivity contribution < 1.29 is 4.42 Å². The fourth-order valence-electron chi connectivity index (χ4n) is 5.28. The van der Waals surface area contributed by atoms with E-state index in [2.05, 4.69) is 28.8 Å². The van der Waals surface area contributed by atoms with Crippen molar-refractivity contribution in [3.05, 3.63) is 127 Å². The number of aromatic nitrogens is 5. The number of hydrogen-bond acceptors (Lipinski definition) is 5. The second-order valence-electron chi connectivity index (χ2n) is 9.56. The highest BCUT2D eigenvalue weighted by atomic mass is 16.3. The monoisotopic (exact) mass is 515 g/mol. The number of para-hydroxylation sites is 4. The summed E-state index contributed by atoms with van der Waals surface area (Å²) in [6.45, 7) is 0. The maximum Gasteiger partial charge on any atom is 0.238 e. The Morgan fingerprint density at radius 2 is 1.12 bits per heavy atom. The summed E-state index contributed by atoms with van der Waals surface area (Å²) in [5.74, 6) is 2.29. The molecule has 0 amide bonds. The molecule has 6 nitrogen and oxygen atoms in total. The molecule has 8 aromatic rings. The first-order valence-electron chi connectivity index (χ1n) is 13.1. The van der Waals surface area contributed by atoms with Crippen LogP contribution in [0.15, 0.2) is 132 Å². The van der Waals surface area contributed by atoms with Crippen molar-refractivity contribution in [2.24, 2.45) is 0 Å². The van der Waals surface area contributed by atoms with Crippen molar-refractivity contribution in [3.8, 4) is 40.2 Å². The first-order chi connectivity index (χ1) is 19.8. The quantitative estimate of drug-likeness (QED) is 0.237. The van der Waals surface area contributed by atoms with E-state index in [9.17, 15) is 0 Å². The Labute approximate surface area is 229 Å². The Hall–Kier alpha value is -5.62. The lowest BCUT2D eigenvalue weighted by atomic mass is 10.1. The predicted octanol–water partition coefficient (Wildman–Crippen LogP) is 8.11. The van der Waals surface area contributed by atoms with Crippen molar-refractivity contribution in [1.82, 2.24) is 24.5 Å². The molecule has 3 heterocycles. The van der Waals surface area contributed by atoms with Gasteiger partial charge in [-0.15, -0.1) is 0 Å². The van der Waals surface area contributed by atoms with E-state index in [1.807, 2.05) is 103 Å². The van der Waals surface area contributed by atoms with Gasteiger partial charge in [-0.1, -0.05) is 103 Å². The zero-order valence-corrected chi connectivity index (χ0v) is 21.3. The predicted molar refractivity (Wildman–Crippen MR) is 158 cm³/mol. The van der Waals surface area contributed by atoms with Crippen molar-refractivity contribution in [1.29, 1.82) is 0 Å². The lowest BCUT2D eigenvalue weighted by Gasteiger charge is -2.12. The Balaban J connectivity index is 1.47. The van der Waals surface area contributed by atoms with E-state index < -0.39 is 0 Å². The minimum absolute atomic E-state index is 0.530. The molecule has 3 aromatic heterocycles. The van der Waals surface area contributed by atoms with Crippen molar-refractivity contribution >= 4 is 32.9 Å². The number of rotatable bonds is 4. The van der Waals surface area contributed by atoms with Crippen LogP contribution in [0.25, 0.3) is 73.1 Å². The van der Waals surface area contributed by atoms with Gasteiger partial charge in [0, 0.05) is 21.9 Å². The molecule has 0 saturated carbocycles. The summed E-state index contributed by atoms with van der Waals surface area (Å²) < 4.78 is 8.36. The van der Waals surface area contributed by atoms with Gasteiger partial charge in [0.1, 0.15) is 5.52 Å². The number of fused-ring (bicyclic) bond motifs is 4. The third-order valence-electron chi connectivity index (χ3n) is 7.11. The summed E-state index contributed by atoms with van der Waals surface area (Å²) in [6, 6.07) is 42.4. The van der Waals surface area contributed by atoms with Gasteiger partial charge in [-0.25, -0.2) is 9.97 Å². The van der Waals surface area contributed by atoms with Gasteiger partial charge in [0.05, 0.1) is 16.6 Å². The van der Waals surface area contributed by atoms with Gasteiger partial charge in [-0.05, 0) is 24.3 Å². The summed E-state index contributed by atoms with van der Waals surface area (Å²) in [6.07, 6.45) is 0. The van der Waals surface area contributed by atoms with Crippen LogP contribution >= 0.6 is 0 Å². The first kappa shape index (κ1) is 22.4. The third-order valence-corrected chi connectivity index (χ3v) is 7.11. The van der Waals surface area contributed by atoms with E-state index >= 15 is 0 Å². The highest BCUT2D eigenvalue weighted by Gasteiger charge is 2.22. The molecular weight excluding hydrogens is 494 g/mol. The molecule has 6 heteroatoms. The molecule has 0 radical (unpaired) electrons. The standard InChI is InChI=1S/C34H21N5O/c1-3-12-22(13-4-1)31-36-32(23-14-5-2-6-15-23)38-34(37-31)39-28-20-9-7-16-24(28)25-17-11-18-26(30(25)39)33-35-27-19-8-10-21-29(27)40-33/h1-21H. The summed E-state index contributed by atoms with van der Waals surface area (Å²) >= 11 is 0. The Bertz CT molecular complexity index is 2070. The number of oxazole rings is 1. The summed E-state index contributed by atoms with van der Waals surface area (Å²) in [5, 5.41) is 2.16. The molecule has 0 unspecified atom stereocenters. The molecule has 0 aliphatic carbocycles. The minimum atomic E-state index is 0.530. The van der Waals surface area contributed by atoms with E-state index in [-0.39, 0.29) is 0 Å². The van der Waals surface area contributed by atoms with E-state index in [0.717, 1.165) is 49.6 Å². The molecule has 0 atom stereocenters. The van der Waals surface area contributed by atoms with Crippen LogP contribution in [0.4, 0.5) is 0 Å². The van der Waals surface area contributed by atoms with Gasteiger partial charge in [0.25, 0.3) is 0 Å². The third kappa shape index (κ3) is 3.58. The molecule has 8 rings (SSSR count). The Morgan fingerprint density at radius 3 is 1.85 bits per heavy atom. The molecule has 0 aliphatic heterocycles. The van der Waals surface area contributed by atoms with E-state index in [4.69, 9.17) is 24.4 Å². The van der Waals surface area contributed by atoms with Crippen LogP contribution < -0.4 is 0 Å². The molecule has 188 valence electrons. The lowest BCUT2D eigenvalue weighted by molar-refractivity contribution is 0.620. The zero-order valence-electron chi connectivity index (χ0n) is 21.3. The van der Waals surface area contributed by atoms with Gasteiger partial charge in [0.2, 0.25) is 11.8 Å². The fraction of sp³-hybridized carbons (Fsp3) is 0. The summed E-state index contributed by atoms with van der Waals surface area (Å²) in [7, 11) is 0. The smallest absolute Gasteiger partial charge is 0.238 e. The average molecular weight is 516 g/mol. The largest absolute Gasteiger partial charge is 0.436 e. The Morgan fingerprint density at radius 1 is 0.500 bits per heavy atom. The normalized spacial score (nSPS) is 11.5. The second-order valence-corrected chi connectivity index (χ2v) is 9.56. The van der Waals surface area contributed by atoms with Crippen molar-refractivity contribution in [2.75, 3.05) is 0 Å². The van der Waals surface area contributed by atoms with Gasteiger partial charge in [-0.3, -0.25) is 4.57 Å². The van der Waals surface area contributed by atoms with Gasteiger partial charge in [-0.2, -0.15) is 9.97 Å². The molecule has 0 fully saturated rings. The molecule has 5 aromatic carbocycles. The van der Waals surface area contributed by atoms with Crippen LogP contribution in [-0.4, -0.2) is 24.5 Å². The van der Waals surface area contributed by atoms with Gasteiger partial charge in [0.15, 0.2) is 17.2 Å². The maximum absolute atomic E-state index is 6.26. The highest BCUT2D eigenvalue weighted by molar-refractivity contribution is 6.13. The molecule has 0 spiro atoms. The lowest BCUT2D eigenvalue weighted by Crippen LogP contribution is -2.06. The van der Waals surface area contributed by atoms with Crippen LogP contribution in [0.5, 0.6) is 0 Å². The average Bonchev–Trinajstić information content (AvgIpc) is 3.61. The van der Waals surface area contributed by atoms with Gasteiger partial charge < -0.3 is 4.42 Å². The number of nitrogens with zero attached hydrogens (tertiary/aromatic N) is 5. The van der Waals surface area contributed by atoms with E-state index in [1.54, 1.807) is 0 Å². The van der Waals surface area contributed by atoms with Crippen LogP contribution in [0.1, 0.15) is 0 Å². The molecule has 0 bridgehead atoms. The second kappa shape index (κ2) is 8.99. The van der Waals surface area contributed by atoms with Crippen LogP contribution in [0.2, 0.25) is 0 Å².